The van der Waals surface area contributed by atoms with Crippen molar-refractivity contribution in [1.82, 2.24) is 0 Å². The van der Waals surface area contributed by atoms with E-state index in [0.29, 0.717) is 18.2 Å². The normalized spacial score (nSPS) is 25.0. The maximum atomic E-state index is 12.1. The van der Waals surface area contributed by atoms with Crippen LogP contribution in [0.25, 0.3) is 0 Å². The molecule has 1 aromatic rings. The first-order valence-corrected chi connectivity index (χ1v) is 6.15. The number of rotatable bonds is 3. The molecule has 0 N–H and O–H groups in total. The molecule has 0 saturated heterocycles. The van der Waals surface area contributed by atoms with Gasteiger partial charge in [-0.2, -0.15) is 0 Å². The molecule has 1 fully saturated rings. The van der Waals surface area contributed by atoms with Gasteiger partial charge >= 0.3 is 0 Å². The monoisotopic (exact) mass is 232 g/mol. The van der Waals surface area contributed by atoms with Crippen molar-refractivity contribution in [3.05, 3.63) is 47.8 Å². The molecule has 1 aliphatic carbocycles. The Bertz CT molecular complexity index is 386. The van der Waals surface area contributed by atoms with Gasteiger partial charge in [0.15, 0.2) is 0 Å². The number of benzene rings is 1. The van der Waals surface area contributed by atoms with Gasteiger partial charge in [-0.15, -0.1) is 0 Å². The molecule has 90 valence electrons. The van der Waals surface area contributed by atoms with Crippen LogP contribution in [0.15, 0.2) is 36.7 Å². The molecule has 0 amide bonds. The number of carbonyl (C=O) groups is 1. The number of allylic oxidation sites excluding steroid dienone is 1. The van der Waals surface area contributed by atoms with E-state index >= 15 is 0 Å². The lowest BCUT2D eigenvalue weighted by Crippen LogP contribution is -2.11. The highest BCUT2D eigenvalue weighted by Gasteiger charge is 2.20. The highest BCUT2D eigenvalue weighted by molar-refractivity contribution is 5.74. The third-order valence-electron chi connectivity index (χ3n) is 3.66. The van der Waals surface area contributed by atoms with E-state index in [1.165, 1.54) is 5.56 Å². The standard InChI is InChI=1S/C15H17FO/c16-10-9-12-1-5-14(6-2-12)15-7-3-13(11-17)4-8-15/h3-4,7-12,14H,1-2,5-6H2/t12-,14-. The molecule has 0 atom stereocenters. The number of hydrogen-bond acceptors (Lipinski definition) is 1. The molecule has 0 unspecified atom stereocenters. The summed E-state index contributed by atoms with van der Waals surface area (Å²) in [4.78, 5) is 10.6. The average molecular weight is 232 g/mol. The van der Waals surface area contributed by atoms with Crippen LogP contribution in [0.3, 0.4) is 0 Å². The van der Waals surface area contributed by atoms with E-state index in [9.17, 15) is 9.18 Å². The molecule has 17 heavy (non-hydrogen) atoms. The first-order chi connectivity index (χ1) is 8.33. The second kappa shape index (κ2) is 5.76. The molecular weight excluding hydrogens is 215 g/mol. The highest BCUT2D eigenvalue weighted by Crippen LogP contribution is 2.36. The van der Waals surface area contributed by atoms with Crippen LogP contribution in [0.2, 0.25) is 0 Å². The van der Waals surface area contributed by atoms with E-state index in [1.807, 2.05) is 24.3 Å². The van der Waals surface area contributed by atoms with Gasteiger partial charge in [0.1, 0.15) is 6.29 Å². The molecule has 2 heteroatoms. The lowest BCUT2D eigenvalue weighted by atomic mass is 9.79. The topological polar surface area (TPSA) is 17.1 Å². The number of halogens is 1. The van der Waals surface area contributed by atoms with Crippen LogP contribution in [0, 0.1) is 5.92 Å². The van der Waals surface area contributed by atoms with Crippen LogP contribution < -0.4 is 0 Å². The molecule has 0 spiro atoms. The first-order valence-electron chi connectivity index (χ1n) is 6.15. The van der Waals surface area contributed by atoms with Crippen molar-refractivity contribution < 1.29 is 9.18 Å². The summed E-state index contributed by atoms with van der Waals surface area (Å²) in [6, 6.07) is 7.82. The molecular formula is C15H17FO. The van der Waals surface area contributed by atoms with Crippen molar-refractivity contribution in [2.45, 2.75) is 31.6 Å². The number of carbonyl (C=O) groups excluding carboxylic acids is 1. The lowest BCUT2D eigenvalue weighted by Gasteiger charge is -2.26. The second-order valence-corrected chi connectivity index (χ2v) is 4.71. The SMILES string of the molecule is O=Cc1ccc([C@H]2CC[C@H](C=CF)CC2)cc1. The van der Waals surface area contributed by atoms with Crippen LogP contribution >= 0.6 is 0 Å². The fourth-order valence-electron chi connectivity index (χ4n) is 2.59. The van der Waals surface area contributed by atoms with Gasteiger partial charge in [-0.25, -0.2) is 4.39 Å². The maximum absolute atomic E-state index is 12.1. The molecule has 1 aliphatic rings. The summed E-state index contributed by atoms with van der Waals surface area (Å²) in [6.45, 7) is 0. The largest absolute Gasteiger partial charge is 0.298 e. The van der Waals surface area contributed by atoms with Crippen molar-refractivity contribution in [3.8, 4) is 0 Å². The fraction of sp³-hybridized carbons (Fsp3) is 0.400. The van der Waals surface area contributed by atoms with Crippen molar-refractivity contribution in [3.63, 3.8) is 0 Å². The molecule has 0 bridgehead atoms. The third-order valence-corrected chi connectivity index (χ3v) is 3.66. The molecule has 1 saturated carbocycles. The summed E-state index contributed by atoms with van der Waals surface area (Å²) in [7, 11) is 0. The van der Waals surface area contributed by atoms with Crippen molar-refractivity contribution in [2.75, 3.05) is 0 Å². The summed E-state index contributed by atoms with van der Waals surface area (Å²) < 4.78 is 12.1. The first kappa shape index (κ1) is 12.0. The maximum Gasteiger partial charge on any atom is 0.150 e. The van der Waals surface area contributed by atoms with Crippen LogP contribution in [-0.2, 0) is 0 Å². The lowest BCUT2D eigenvalue weighted by molar-refractivity contribution is 0.112. The Morgan fingerprint density at radius 2 is 1.71 bits per heavy atom. The summed E-state index contributed by atoms with van der Waals surface area (Å²) >= 11 is 0. The summed E-state index contributed by atoms with van der Waals surface area (Å²) in [6.07, 6.45) is 7.54. The van der Waals surface area contributed by atoms with E-state index in [4.69, 9.17) is 0 Å². The Labute approximate surface area is 101 Å². The molecule has 1 nitrogen and oxygen atoms in total. The van der Waals surface area contributed by atoms with Crippen LogP contribution in [0.1, 0.15) is 47.5 Å². The predicted molar refractivity (Wildman–Crippen MR) is 66.8 cm³/mol. The van der Waals surface area contributed by atoms with Crippen LogP contribution in [0.4, 0.5) is 4.39 Å². The van der Waals surface area contributed by atoms with Gasteiger partial charge in [-0.1, -0.05) is 30.3 Å². The van der Waals surface area contributed by atoms with Gasteiger partial charge < -0.3 is 0 Å². The minimum Gasteiger partial charge on any atom is -0.298 e. The molecule has 0 heterocycles. The van der Waals surface area contributed by atoms with Crippen molar-refractivity contribution in [2.24, 2.45) is 5.92 Å². The summed E-state index contributed by atoms with van der Waals surface area (Å²) in [5.74, 6) is 0.977. The van der Waals surface area contributed by atoms with Crippen molar-refractivity contribution >= 4 is 6.29 Å². The second-order valence-electron chi connectivity index (χ2n) is 4.71. The van der Waals surface area contributed by atoms with Crippen molar-refractivity contribution in [1.29, 1.82) is 0 Å². The molecule has 0 radical (unpaired) electrons. The van der Waals surface area contributed by atoms with E-state index in [0.717, 1.165) is 37.5 Å². The fourth-order valence-corrected chi connectivity index (χ4v) is 2.59. The Morgan fingerprint density at radius 3 is 2.24 bits per heavy atom. The third kappa shape index (κ3) is 3.02. The minimum absolute atomic E-state index is 0.408. The van der Waals surface area contributed by atoms with Gasteiger partial charge in [-0.05, 0) is 43.1 Å². The van der Waals surface area contributed by atoms with Gasteiger partial charge in [0.25, 0.3) is 0 Å². The Balaban J connectivity index is 1.97. The van der Waals surface area contributed by atoms with E-state index < -0.39 is 0 Å². The van der Waals surface area contributed by atoms with Crippen LogP contribution in [-0.4, -0.2) is 6.29 Å². The molecule has 1 aromatic carbocycles. The average Bonchev–Trinajstić information content (AvgIpc) is 2.40. The zero-order valence-corrected chi connectivity index (χ0v) is 9.81. The Hall–Kier alpha value is -1.44. The Morgan fingerprint density at radius 1 is 1.06 bits per heavy atom. The minimum atomic E-state index is 0.408. The van der Waals surface area contributed by atoms with Gasteiger partial charge in [0.05, 0.1) is 6.33 Å². The molecule has 0 aromatic heterocycles. The number of aldehydes is 1. The quantitative estimate of drug-likeness (QED) is 0.712. The molecule has 0 aliphatic heterocycles. The van der Waals surface area contributed by atoms with Gasteiger partial charge in [-0.3, -0.25) is 4.79 Å². The summed E-state index contributed by atoms with van der Waals surface area (Å²) in [5.41, 5.74) is 2.03. The Kier molecular flexibility index (Phi) is 4.08. The van der Waals surface area contributed by atoms with Gasteiger partial charge in [0, 0.05) is 5.56 Å². The van der Waals surface area contributed by atoms with Gasteiger partial charge in [0.2, 0.25) is 0 Å². The predicted octanol–water partition coefficient (Wildman–Crippen LogP) is 4.26. The van der Waals surface area contributed by atoms with Crippen LogP contribution in [0.5, 0.6) is 0 Å². The smallest absolute Gasteiger partial charge is 0.150 e. The highest BCUT2D eigenvalue weighted by atomic mass is 19.1. The number of hydrogen-bond donors (Lipinski definition) is 0. The van der Waals surface area contributed by atoms with E-state index in [1.54, 1.807) is 6.08 Å². The zero-order chi connectivity index (χ0) is 12.1. The van der Waals surface area contributed by atoms with E-state index in [-0.39, 0.29) is 0 Å². The zero-order valence-electron chi connectivity index (χ0n) is 9.81. The van der Waals surface area contributed by atoms with E-state index in [2.05, 4.69) is 0 Å². The molecule has 2 rings (SSSR count). The summed E-state index contributed by atoms with van der Waals surface area (Å²) in [5, 5.41) is 0.